The van der Waals surface area contributed by atoms with E-state index in [0.717, 1.165) is 54.6 Å². The topological polar surface area (TPSA) is 52.7 Å². The maximum absolute atomic E-state index is 13.5. The average molecular weight is 410 g/mol. The van der Waals surface area contributed by atoms with Crippen LogP contribution in [-0.4, -0.2) is 41.6 Å². The number of piperazine rings is 1. The second-order valence-corrected chi connectivity index (χ2v) is 9.30. The molecular weight excluding hydrogens is 382 g/mol. The lowest BCUT2D eigenvalue weighted by Gasteiger charge is -2.31. The van der Waals surface area contributed by atoms with E-state index >= 15 is 0 Å². The van der Waals surface area contributed by atoms with E-state index in [0.29, 0.717) is 10.6 Å². The van der Waals surface area contributed by atoms with Gasteiger partial charge in [0.15, 0.2) is 0 Å². The highest BCUT2D eigenvalue weighted by molar-refractivity contribution is 7.93. The Morgan fingerprint density at radius 3 is 2.41 bits per heavy atom. The highest BCUT2D eigenvalue weighted by atomic mass is 32.2. The first-order chi connectivity index (χ1) is 14.0. The molecule has 4 rings (SSSR count). The number of hydrogen-bond acceptors (Lipinski definition) is 4. The lowest BCUT2D eigenvalue weighted by molar-refractivity contribution is 0.589. The fourth-order valence-electron chi connectivity index (χ4n) is 3.92. The van der Waals surface area contributed by atoms with Gasteiger partial charge >= 0.3 is 0 Å². The molecule has 0 saturated carbocycles. The molecule has 0 atom stereocenters. The van der Waals surface area contributed by atoms with E-state index in [9.17, 15) is 8.42 Å². The summed E-state index contributed by atoms with van der Waals surface area (Å²) in [6, 6.07) is 19.2. The third-order valence-corrected chi connectivity index (χ3v) is 7.48. The molecule has 0 aliphatic carbocycles. The molecule has 1 aliphatic heterocycles. The molecule has 1 N–H and O–H groups in total. The molecule has 6 heteroatoms. The molecule has 1 aliphatic rings. The Morgan fingerprint density at radius 2 is 1.69 bits per heavy atom. The molecule has 1 heterocycles. The summed E-state index contributed by atoms with van der Waals surface area (Å²) in [5, 5.41) is 5.11. The van der Waals surface area contributed by atoms with Gasteiger partial charge in [-0.05, 0) is 36.2 Å². The van der Waals surface area contributed by atoms with Gasteiger partial charge in [-0.25, -0.2) is 8.42 Å². The summed E-state index contributed by atoms with van der Waals surface area (Å²) in [4.78, 5) is 2.67. The second-order valence-electron chi connectivity index (χ2n) is 7.36. The van der Waals surface area contributed by atoms with E-state index in [1.165, 1.54) is 4.31 Å². The van der Waals surface area contributed by atoms with Crippen LogP contribution in [0.2, 0.25) is 0 Å². The van der Waals surface area contributed by atoms with Crippen molar-refractivity contribution >= 4 is 32.2 Å². The molecule has 29 heavy (non-hydrogen) atoms. The van der Waals surface area contributed by atoms with E-state index < -0.39 is 10.0 Å². The molecule has 3 aromatic carbocycles. The Morgan fingerprint density at radius 1 is 0.966 bits per heavy atom. The molecule has 1 fully saturated rings. The minimum atomic E-state index is -3.69. The van der Waals surface area contributed by atoms with Crippen molar-refractivity contribution in [1.82, 2.24) is 5.32 Å². The zero-order valence-corrected chi connectivity index (χ0v) is 17.7. The molecule has 152 valence electrons. The standard InChI is InChI=1S/C23H27N3O2S/c1-3-18-7-6-8-19(17-18)25(2)29(27,28)23-12-11-22(26-15-13-24-14-16-26)20-9-4-5-10-21(20)23/h4-12,17,24H,3,13-16H2,1-2H3. The largest absolute Gasteiger partial charge is 0.368 e. The lowest BCUT2D eigenvalue weighted by atomic mass is 10.1. The van der Waals surface area contributed by atoms with E-state index in [1.807, 2.05) is 54.6 Å². The van der Waals surface area contributed by atoms with Crippen molar-refractivity contribution in [2.24, 2.45) is 0 Å². The first kappa shape index (κ1) is 19.7. The van der Waals surface area contributed by atoms with Crippen molar-refractivity contribution in [3.8, 4) is 0 Å². The van der Waals surface area contributed by atoms with Crippen LogP contribution in [0.5, 0.6) is 0 Å². The summed E-state index contributed by atoms with van der Waals surface area (Å²) >= 11 is 0. The van der Waals surface area contributed by atoms with Crippen LogP contribution in [0.3, 0.4) is 0 Å². The molecular formula is C23H27N3O2S. The van der Waals surface area contributed by atoms with Gasteiger partial charge < -0.3 is 10.2 Å². The van der Waals surface area contributed by atoms with Crippen LogP contribution in [-0.2, 0) is 16.4 Å². The van der Waals surface area contributed by atoms with Crippen LogP contribution in [0.4, 0.5) is 11.4 Å². The van der Waals surface area contributed by atoms with Gasteiger partial charge in [-0.1, -0.05) is 43.3 Å². The monoisotopic (exact) mass is 409 g/mol. The maximum Gasteiger partial charge on any atom is 0.264 e. The minimum absolute atomic E-state index is 0.344. The third kappa shape index (κ3) is 3.70. The van der Waals surface area contributed by atoms with Crippen LogP contribution >= 0.6 is 0 Å². The number of anilines is 2. The molecule has 0 unspecified atom stereocenters. The van der Waals surface area contributed by atoms with Gasteiger partial charge in [-0.3, -0.25) is 4.31 Å². The van der Waals surface area contributed by atoms with Gasteiger partial charge in [0.2, 0.25) is 0 Å². The summed E-state index contributed by atoms with van der Waals surface area (Å²) in [6.45, 7) is 5.77. The Labute approximate surface area is 173 Å². The highest BCUT2D eigenvalue weighted by Gasteiger charge is 2.25. The molecule has 0 radical (unpaired) electrons. The number of fused-ring (bicyclic) bond motifs is 1. The molecule has 1 saturated heterocycles. The minimum Gasteiger partial charge on any atom is -0.368 e. The number of benzene rings is 3. The van der Waals surface area contributed by atoms with Crippen LogP contribution in [0.15, 0.2) is 65.6 Å². The molecule has 3 aromatic rings. The Balaban J connectivity index is 1.80. The van der Waals surface area contributed by atoms with Crippen molar-refractivity contribution in [1.29, 1.82) is 0 Å². The molecule has 0 amide bonds. The van der Waals surface area contributed by atoms with Crippen LogP contribution in [0.1, 0.15) is 12.5 Å². The van der Waals surface area contributed by atoms with Gasteiger partial charge in [0.25, 0.3) is 10.0 Å². The lowest BCUT2D eigenvalue weighted by Crippen LogP contribution is -2.43. The SMILES string of the molecule is CCc1cccc(N(C)S(=O)(=O)c2ccc(N3CCNCC3)c3ccccc23)c1. The van der Waals surface area contributed by atoms with Gasteiger partial charge in [0, 0.05) is 49.7 Å². The van der Waals surface area contributed by atoms with Gasteiger partial charge in [0.1, 0.15) is 0 Å². The summed E-state index contributed by atoms with van der Waals surface area (Å²) in [7, 11) is -2.06. The van der Waals surface area contributed by atoms with E-state index in [1.54, 1.807) is 13.1 Å². The van der Waals surface area contributed by atoms with Crippen LogP contribution < -0.4 is 14.5 Å². The Kier molecular flexibility index (Phi) is 5.48. The predicted molar refractivity (Wildman–Crippen MR) is 120 cm³/mol. The van der Waals surface area contributed by atoms with Crippen LogP contribution in [0, 0.1) is 0 Å². The quantitative estimate of drug-likeness (QED) is 0.699. The molecule has 0 bridgehead atoms. The summed E-state index contributed by atoms with van der Waals surface area (Å²) in [6.07, 6.45) is 0.865. The number of hydrogen-bond donors (Lipinski definition) is 1. The zero-order valence-electron chi connectivity index (χ0n) is 16.9. The van der Waals surface area contributed by atoms with Crippen LogP contribution in [0.25, 0.3) is 10.8 Å². The zero-order chi connectivity index (χ0) is 20.4. The first-order valence-corrected chi connectivity index (χ1v) is 11.5. The third-order valence-electron chi connectivity index (χ3n) is 5.64. The van der Waals surface area contributed by atoms with Crippen molar-refractivity contribution in [3.05, 3.63) is 66.2 Å². The second kappa shape index (κ2) is 8.05. The molecule has 0 aromatic heterocycles. The van der Waals surface area contributed by atoms with Gasteiger partial charge in [-0.15, -0.1) is 0 Å². The summed E-state index contributed by atoms with van der Waals surface area (Å²) < 4.78 is 28.5. The first-order valence-electron chi connectivity index (χ1n) is 10.1. The highest BCUT2D eigenvalue weighted by Crippen LogP contribution is 2.34. The Hall–Kier alpha value is -2.57. The number of nitrogens with one attached hydrogen (secondary N) is 1. The van der Waals surface area contributed by atoms with Crippen molar-refractivity contribution in [2.75, 3.05) is 42.4 Å². The van der Waals surface area contributed by atoms with Crippen molar-refractivity contribution < 1.29 is 8.42 Å². The normalized spacial score (nSPS) is 14.9. The number of sulfonamides is 1. The summed E-state index contributed by atoms with van der Waals surface area (Å²) in [5.41, 5.74) is 2.89. The van der Waals surface area contributed by atoms with E-state index in [-0.39, 0.29) is 0 Å². The number of nitrogens with zero attached hydrogens (tertiary/aromatic N) is 2. The van der Waals surface area contributed by atoms with E-state index in [4.69, 9.17) is 0 Å². The Bertz CT molecular complexity index is 1120. The fourth-order valence-corrected chi connectivity index (χ4v) is 5.30. The van der Waals surface area contributed by atoms with Gasteiger partial charge in [-0.2, -0.15) is 0 Å². The smallest absolute Gasteiger partial charge is 0.264 e. The maximum atomic E-state index is 13.5. The number of aryl methyl sites for hydroxylation is 1. The average Bonchev–Trinajstić information content (AvgIpc) is 2.78. The fraction of sp³-hybridized carbons (Fsp3) is 0.304. The summed E-state index contributed by atoms with van der Waals surface area (Å²) in [5.74, 6) is 0. The van der Waals surface area contributed by atoms with E-state index in [2.05, 4.69) is 17.1 Å². The van der Waals surface area contributed by atoms with Gasteiger partial charge in [0.05, 0.1) is 10.6 Å². The molecule has 5 nitrogen and oxygen atoms in total. The number of rotatable bonds is 5. The van der Waals surface area contributed by atoms with Crippen molar-refractivity contribution in [3.63, 3.8) is 0 Å². The molecule has 0 spiro atoms. The predicted octanol–water partition coefficient (Wildman–Crippen LogP) is 3.64. The van der Waals surface area contributed by atoms with Crippen molar-refractivity contribution in [2.45, 2.75) is 18.2 Å².